The van der Waals surface area contributed by atoms with Crippen molar-refractivity contribution < 1.29 is 9.72 Å². The van der Waals surface area contributed by atoms with Gasteiger partial charge in [0.1, 0.15) is 11.6 Å². The number of nitriles is 1. The third-order valence-corrected chi connectivity index (χ3v) is 2.83. The minimum absolute atomic E-state index is 0.0137. The van der Waals surface area contributed by atoms with Gasteiger partial charge in [0.25, 0.3) is 5.69 Å². The molecular formula is C14H18N4O3. The Morgan fingerprint density at radius 2 is 2.19 bits per heavy atom. The molecule has 0 fully saturated rings. The number of likely N-dealkylation sites (N-methyl/N-ethyl adjacent to an activating group) is 1. The Hall–Kier alpha value is -2.62. The van der Waals surface area contributed by atoms with Gasteiger partial charge < -0.3 is 10.2 Å². The highest BCUT2D eigenvalue weighted by atomic mass is 16.6. The maximum absolute atomic E-state index is 11.8. The lowest BCUT2D eigenvalue weighted by molar-refractivity contribution is -0.385. The van der Waals surface area contributed by atoms with Crippen LogP contribution in [0.2, 0.25) is 0 Å². The Morgan fingerprint density at radius 3 is 2.67 bits per heavy atom. The van der Waals surface area contributed by atoms with Gasteiger partial charge in [-0.3, -0.25) is 14.9 Å². The molecular weight excluding hydrogens is 272 g/mol. The van der Waals surface area contributed by atoms with Gasteiger partial charge in [-0.1, -0.05) is 0 Å². The number of benzene rings is 1. The van der Waals surface area contributed by atoms with Gasteiger partial charge in [-0.25, -0.2) is 0 Å². The minimum Gasteiger partial charge on any atom is -0.362 e. The van der Waals surface area contributed by atoms with Gasteiger partial charge in [0.2, 0.25) is 5.91 Å². The second kappa shape index (κ2) is 7.24. The van der Waals surface area contributed by atoms with E-state index in [1.807, 2.05) is 26.8 Å². The normalized spacial score (nSPS) is 10.0. The molecule has 112 valence electrons. The summed E-state index contributed by atoms with van der Waals surface area (Å²) in [6.07, 6.45) is 0. The van der Waals surface area contributed by atoms with E-state index in [2.05, 4.69) is 5.32 Å². The fourth-order valence-corrected chi connectivity index (χ4v) is 1.90. The first-order valence-corrected chi connectivity index (χ1v) is 6.61. The summed E-state index contributed by atoms with van der Waals surface area (Å²) in [5.74, 6) is -0.135. The largest absolute Gasteiger partial charge is 0.362 e. The molecule has 0 atom stereocenters. The first-order valence-electron chi connectivity index (χ1n) is 6.61. The van der Waals surface area contributed by atoms with Crippen molar-refractivity contribution in [1.82, 2.24) is 5.32 Å². The fourth-order valence-electron chi connectivity index (χ4n) is 1.90. The van der Waals surface area contributed by atoms with Crippen LogP contribution in [0, 0.1) is 21.4 Å². The first kappa shape index (κ1) is 16.4. The van der Waals surface area contributed by atoms with Crippen LogP contribution in [-0.4, -0.2) is 30.0 Å². The standard InChI is InChI=1S/C14H18N4O3/c1-4-17(9-14(19)16-10(2)3)12-5-6-13(18(20)21)11(7-12)8-15/h5-7,10H,4,9H2,1-3H3,(H,16,19). The zero-order valence-corrected chi connectivity index (χ0v) is 12.3. The van der Waals surface area contributed by atoms with Crippen LogP contribution in [-0.2, 0) is 4.79 Å². The minimum atomic E-state index is -0.593. The molecule has 7 nitrogen and oxygen atoms in total. The summed E-state index contributed by atoms with van der Waals surface area (Å²) in [5, 5.41) is 22.6. The van der Waals surface area contributed by atoms with Gasteiger partial charge in [-0.05, 0) is 32.9 Å². The quantitative estimate of drug-likeness (QED) is 0.636. The molecule has 0 saturated heterocycles. The summed E-state index contributed by atoms with van der Waals surface area (Å²) in [6.45, 7) is 6.30. The van der Waals surface area contributed by atoms with Gasteiger partial charge in [0.15, 0.2) is 0 Å². The van der Waals surface area contributed by atoms with E-state index in [4.69, 9.17) is 5.26 Å². The lowest BCUT2D eigenvalue weighted by Crippen LogP contribution is -2.40. The van der Waals surface area contributed by atoms with Gasteiger partial charge in [-0.2, -0.15) is 5.26 Å². The number of anilines is 1. The summed E-state index contributed by atoms with van der Waals surface area (Å²) in [7, 11) is 0. The molecule has 1 amide bonds. The smallest absolute Gasteiger partial charge is 0.287 e. The first-order chi connectivity index (χ1) is 9.88. The molecule has 1 aromatic carbocycles. The SMILES string of the molecule is CCN(CC(=O)NC(C)C)c1ccc([N+](=O)[O-])c(C#N)c1. The molecule has 0 saturated carbocycles. The van der Waals surface area contributed by atoms with E-state index in [0.717, 1.165) is 0 Å². The lowest BCUT2D eigenvalue weighted by Gasteiger charge is -2.23. The Morgan fingerprint density at radius 1 is 1.52 bits per heavy atom. The van der Waals surface area contributed by atoms with Crippen LogP contribution in [0.1, 0.15) is 26.3 Å². The molecule has 0 radical (unpaired) electrons. The highest BCUT2D eigenvalue weighted by molar-refractivity contribution is 5.81. The Balaban J connectivity index is 2.99. The Kier molecular flexibility index (Phi) is 5.67. The molecule has 0 aliphatic rings. The number of rotatable bonds is 6. The molecule has 0 bridgehead atoms. The number of carbonyl (C=O) groups excluding carboxylic acids is 1. The zero-order chi connectivity index (χ0) is 16.0. The van der Waals surface area contributed by atoms with Gasteiger partial charge >= 0.3 is 0 Å². The summed E-state index contributed by atoms with van der Waals surface area (Å²) >= 11 is 0. The molecule has 1 rings (SSSR count). The topological polar surface area (TPSA) is 99.3 Å². The maximum atomic E-state index is 11.8. The summed E-state index contributed by atoms with van der Waals surface area (Å²) in [6, 6.07) is 6.13. The number of nitro groups is 1. The highest BCUT2D eigenvalue weighted by Gasteiger charge is 2.17. The molecule has 0 aromatic heterocycles. The molecule has 0 aliphatic heterocycles. The maximum Gasteiger partial charge on any atom is 0.287 e. The second-order valence-electron chi connectivity index (χ2n) is 4.81. The van der Waals surface area contributed by atoms with Crippen LogP contribution in [0.15, 0.2) is 18.2 Å². The number of amides is 1. The lowest BCUT2D eigenvalue weighted by atomic mass is 10.1. The van der Waals surface area contributed by atoms with E-state index in [-0.39, 0.29) is 29.7 Å². The number of nitrogens with zero attached hydrogens (tertiary/aromatic N) is 3. The molecule has 7 heteroatoms. The molecule has 0 heterocycles. The van der Waals surface area contributed by atoms with Crippen molar-refractivity contribution in [3.63, 3.8) is 0 Å². The van der Waals surface area contributed by atoms with Crippen molar-refractivity contribution in [2.24, 2.45) is 0 Å². The summed E-state index contributed by atoms with van der Waals surface area (Å²) < 4.78 is 0. The van der Waals surface area contributed by atoms with E-state index in [9.17, 15) is 14.9 Å². The number of nitrogens with one attached hydrogen (secondary N) is 1. The average molecular weight is 290 g/mol. The van der Waals surface area contributed by atoms with Crippen molar-refractivity contribution in [3.8, 4) is 6.07 Å². The monoisotopic (exact) mass is 290 g/mol. The van der Waals surface area contributed by atoms with E-state index >= 15 is 0 Å². The molecule has 0 spiro atoms. The van der Waals surface area contributed by atoms with Crippen molar-refractivity contribution in [1.29, 1.82) is 5.26 Å². The predicted molar refractivity (Wildman–Crippen MR) is 79.0 cm³/mol. The van der Waals surface area contributed by atoms with Crippen LogP contribution in [0.25, 0.3) is 0 Å². The number of carbonyl (C=O) groups is 1. The number of hydrogen-bond acceptors (Lipinski definition) is 5. The van der Waals surface area contributed by atoms with E-state index in [1.54, 1.807) is 11.0 Å². The van der Waals surface area contributed by atoms with Crippen LogP contribution < -0.4 is 10.2 Å². The molecule has 21 heavy (non-hydrogen) atoms. The predicted octanol–water partition coefficient (Wildman–Crippen LogP) is 1.82. The third kappa shape index (κ3) is 4.45. The molecule has 0 aliphatic carbocycles. The van der Waals surface area contributed by atoms with Crippen LogP contribution in [0.5, 0.6) is 0 Å². The van der Waals surface area contributed by atoms with E-state index in [1.165, 1.54) is 12.1 Å². The van der Waals surface area contributed by atoms with Crippen molar-refractivity contribution in [3.05, 3.63) is 33.9 Å². The number of nitro benzene ring substituents is 1. The molecule has 0 unspecified atom stereocenters. The Labute approximate surface area is 123 Å². The average Bonchev–Trinajstić information content (AvgIpc) is 2.43. The number of hydrogen-bond donors (Lipinski definition) is 1. The van der Waals surface area contributed by atoms with Crippen molar-refractivity contribution in [2.75, 3.05) is 18.0 Å². The summed E-state index contributed by atoms with van der Waals surface area (Å²) in [4.78, 5) is 23.8. The van der Waals surface area contributed by atoms with Crippen LogP contribution in [0.4, 0.5) is 11.4 Å². The van der Waals surface area contributed by atoms with E-state index in [0.29, 0.717) is 12.2 Å². The highest BCUT2D eigenvalue weighted by Crippen LogP contribution is 2.24. The fraction of sp³-hybridized carbons (Fsp3) is 0.429. The van der Waals surface area contributed by atoms with Gasteiger partial charge in [-0.15, -0.1) is 0 Å². The van der Waals surface area contributed by atoms with Gasteiger partial charge in [0, 0.05) is 24.3 Å². The summed E-state index contributed by atoms with van der Waals surface area (Å²) in [5.41, 5.74) is 0.364. The third-order valence-electron chi connectivity index (χ3n) is 2.83. The van der Waals surface area contributed by atoms with Crippen molar-refractivity contribution >= 4 is 17.3 Å². The molecule has 1 N–H and O–H groups in total. The van der Waals surface area contributed by atoms with Gasteiger partial charge in [0.05, 0.1) is 11.5 Å². The Bertz CT molecular complexity index is 578. The zero-order valence-electron chi connectivity index (χ0n) is 12.3. The molecule has 1 aromatic rings. The van der Waals surface area contributed by atoms with Crippen molar-refractivity contribution in [2.45, 2.75) is 26.8 Å². The van der Waals surface area contributed by atoms with Crippen LogP contribution in [0.3, 0.4) is 0 Å². The van der Waals surface area contributed by atoms with Crippen LogP contribution >= 0.6 is 0 Å². The second-order valence-corrected chi connectivity index (χ2v) is 4.81. The van der Waals surface area contributed by atoms with E-state index < -0.39 is 4.92 Å².